The van der Waals surface area contributed by atoms with E-state index in [9.17, 15) is 4.79 Å². The molecule has 104 valence electrons. The van der Waals surface area contributed by atoms with Gasteiger partial charge in [-0.1, -0.05) is 38.1 Å². The zero-order valence-corrected chi connectivity index (χ0v) is 12.1. The van der Waals surface area contributed by atoms with Crippen LogP contribution in [0.4, 0.5) is 0 Å². The van der Waals surface area contributed by atoms with E-state index in [1.54, 1.807) is 0 Å². The molecular formula is C16H24N2O. The number of amides is 1. The molecule has 0 saturated carbocycles. The van der Waals surface area contributed by atoms with E-state index in [-0.39, 0.29) is 11.8 Å². The fourth-order valence-electron chi connectivity index (χ4n) is 2.53. The molecule has 1 aromatic carbocycles. The number of carbonyl (C=O) groups is 1. The van der Waals surface area contributed by atoms with Gasteiger partial charge >= 0.3 is 0 Å². The van der Waals surface area contributed by atoms with Crippen LogP contribution in [0, 0.1) is 5.92 Å². The van der Waals surface area contributed by atoms with Crippen molar-refractivity contribution >= 4 is 5.91 Å². The molecule has 0 bridgehead atoms. The lowest BCUT2D eigenvalue weighted by molar-refractivity contribution is -0.131. The summed E-state index contributed by atoms with van der Waals surface area (Å²) in [6, 6.07) is 8.51. The Morgan fingerprint density at radius 1 is 1.26 bits per heavy atom. The molecule has 1 atom stereocenters. The average molecular weight is 260 g/mol. The molecule has 3 nitrogen and oxygen atoms in total. The van der Waals surface area contributed by atoms with Crippen LogP contribution in [0.3, 0.4) is 0 Å². The maximum atomic E-state index is 12.3. The van der Waals surface area contributed by atoms with E-state index in [0.717, 1.165) is 25.1 Å². The minimum absolute atomic E-state index is 0.0481. The van der Waals surface area contributed by atoms with E-state index in [1.807, 2.05) is 11.8 Å². The summed E-state index contributed by atoms with van der Waals surface area (Å²) in [7, 11) is 0. The number of benzene rings is 1. The molecule has 1 amide bonds. The first-order chi connectivity index (χ1) is 9.08. The zero-order valence-electron chi connectivity index (χ0n) is 12.1. The highest BCUT2D eigenvalue weighted by Gasteiger charge is 2.23. The molecule has 0 spiro atoms. The SMILES string of the molecule is CC(C)Cc1ccc(C(C)C(=O)N2CCNC2)cc1. The maximum absolute atomic E-state index is 12.3. The minimum Gasteiger partial charge on any atom is -0.328 e. The Morgan fingerprint density at radius 2 is 1.95 bits per heavy atom. The zero-order chi connectivity index (χ0) is 13.8. The number of nitrogens with one attached hydrogen (secondary N) is 1. The van der Waals surface area contributed by atoms with Crippen LogP contribution in [0.5, 0.6) is 0 Å². The monoisotopic (exact) mass is 260 g/mol. The van der Waals surface area contributed by atoms with Crippen molar-refractivity contribution in [1.29, 1.82) is 0 Å². The molecule has 1 heterocycles. The Balaban J connectivity index is 2.02. The van der Waals surface area contributed by atoms with Gasteiger partial charge in [0.2, 0.25) is 5.91 Å². The fourth-order valence-corrected chi connectivity index (χ4v) is 2.53. The van der Waals surface area contributed by atoms with Crippen LogP contribution < -0.4 is 5.32 Å². The third-order valence-corrected chi connectivity index (χ3v) is 3.67. The highest BCUT2D eigenvalue weighted by Crippen LogP contribution is 2.20. The van der Waals surface area contributed by atoms with Gasteiger partial charge in [-0.05, 0) is 30.4 Å². The molecule has 1 aliphatic heterocycles. The van der Waals surface area contributed by atoms with Gasteiger partial charge in [-0.3, -0.25) is 10.1 Å². The molecule has 1 N–H and O–H groups in total. The lowest BCUT2D eigenvalue weighted by atomic mass is 9.96. The lowest BCUT2D eigenvalue weighted by Crippen LogP contribution is -2.33. The lowest BCUT2D eigenvalue weighted by Gasteiger charge is -2.20. The second-order valence-corrected chi connectivity index (χ2v) is 5.82. The van der Waals surface area contributed by atoms with Crippen LogP contribution in [-0.4, -0.2) is 30.6 Å². The van der Waals surface area contributed by atoms with Gasteiger partial charge < -0.3 is 4.90 Å². The molecule has 1 aromatic rings. The van der Waals surface area contributed by atoms with Crippen LogP contribution in [0.1, 0.15) is 37.8 Å². The molecule has 1 unspecified atom stereocenters. The summed E-state index contributed by atoms with van der Waals surface area (Å²) >= 11 is 0. The summed E-state index contributed by atoms with van der Waals surface area (Å²) in [5.74, 6) is 0.843. The van der Waals surface area contributed by atoms with Crippen molar-refractivity contribution in [1.82, 2.24) is 10.2 Å². The predicted molar refractivity (Wildman–Crippen MR) is 78.0 cm³/mol. The van der Waals surface area contributed by atoms with Gasteiger partial charge in [0.15, 0.2) is 0 Å². The van der Waals surface area contributed by atoms with Crippen LogP contribution in [0.15, 0.2) is 24.3 Å². The molecule has 2 rings (SSSR count). The average Bonchev–Trinajstić information content (AvgIpc) is 2.91. The number of hydrogen-bond donors (Lipinski definition) is 1. The molecule has 0 aliphatic carbocycles. The van der Waals surface area contributed by atoms with Gasteiger partial charge in [0.05, 0.1) is 12.6 Å². The number of rotatable bonds is 4. The predicted octanol–water partition coefficient (Wildman–Crippen LogP) is 2.38. The second kappa shape index (κ2) is 6.20. The van der Waals surface area contributed by atoms with Crippen molar-refractivity contribution in [2.75, 3.05) is 19.8 Å². The van der Waals surface area contributed by atoms with Crippen molar-refractivity contribution in [3.05, 3.63) is 35.4 Å². The molecule has 1 saturated heterocycles. The summed E-state index contributed by atoms with van der Waals surface area (Å²) in [5.41, 5.74) is 2.46. The maximum Gasteiger partial charge on any atom is 0.230 e. The van der Waals surface area contributed by atoms with E-state index < -0.39 is 0 Å². The van der Waals surface area contributed by atoms with Crippen molar-refractivity contribution in [3.8, 4) is 0 Å². The summed E-state index contributed by atoms with van der Waals surface area (Å²) in [4.78, 5) is 14.2. The first kappa shape index (κ1) is 14.1. The first-order valence-electron chi connectivity index (χ1n) is 7.16. The highest BCUT2D eigenvalue weighted by molar-refractivity contribution is 5.83. The molecule has 3 heteroatoms. The van der Waals surface area contributed by atoms with Crippen molar-refractivity contribution < 1.29 is 4.79 Å². The summed E-state index contributed by atoms with van der Waals surface area (Å²) in [6.45, 7) is 8.87. The second-order valence-electron chi connectivity index (χ2n) is 5.82. The molecule has 0 radical (unpaired) electrons. The van der Waals surface area contributed by atoms with Gasteiger partial charge in [-0.2, -0.15) is 0 Å². The standard InChI is InChI=1S/C16H24N2O/c1-12(2)10-14-4-6-15(7-5-14)13(3)16(19)18-9-8-17-11-18/h4-7,12-13,17H,8-11H2,1-3H3. The number of nitrogens with zero attached hydrogens (tertiary/aromatic N) is 1. The molecular weight excluding hydrogens is 236 g/mol. The Bertz CT molecular complexity index is 419. The minimum atomic E-state index is -0.0481. The quantitative estimate of drug-likeness (QED) is 0.901. The summed E-state index contributed by atoms with van der Waals surface area (Å²) in [6.07, 6.45) is 1.10. The third kappa shape index (κ3) is 3.57. The Hall–Kier alpha value is -1.35. The van der Waals surface area contributed by atoms with Crippen molar-refractivity contribution in [3.63, 3.8) is 0 Å². The van der Waals surface area contributed by atoms with E-state index in [1.165, 1.54) is 5.56 Å². The van der Waals surface area contributed by atoms with Crippen LogP contribution in [0.25, 0.3) is 0 Å². The van der Waals surface area contributed by atoms with Gasteiger partial charge in [-0.15, -0.1) is 0 Å². The van der Waals surface area contributed by atoms with Crippen LogP contribution >= 0.6 is 0 Å². The van der Waals surface area contributed by atoms with Crippen LogP contribution in [-0.2, 0) is 11.2 Å². The molecule has 1 aliphatic rings. The Morgan fingerprint density at radius 3 is 2.47 bits per heavy atom. The van der Waals surface area contributed by atoms with E-state index in [4.69, 9.17) is 0 Å². The van der Waals surface area contributed by atoms with Gasteiger partial charge in [0.25, 0.3) is 0 Å². The normalized spacial score (nSPS) is 16.9. The summed E-state index contributed by atoms with van der Waals surface area (Å²) in [5, 5.41) is 3.20. The van der Waals surface area contributed by atoms with E-state index in [0.29, 0.717) is 12.6 Å². The van der Waals surface area contributed by atoms with Gasteiger partial charge in [0.1, 0.15) is 0 Å². The largest absolute Gasteiger partial charge is 0.328 e. The smallest absolute Gasteiger partial charge is 0.230 e. The first-order valence-corrected chi connectivity index (χ1v) is 7.16. The number of carbonyl (C=O) groups excluding carboxylic acids is 1. The topological polar surface area (TPSA) is 32.3 Å². The molecule has 19 heavy (non-hydrogen) atoms. The van der Waals surface area contributed by atoms with Crippen molar-refractivity contribution in [2.45, 2.75) is 33.1 Å². The number of hydrogen-bond acceptors (Lipinski definition) is 2. The van der Waals surface area contributed by atoms with Crippen molar-refractivity contribution in [2.24, 2.45) is 5.92 Å². The summed E-state index contributed by atoms with van der Waals surface area (Å²) < 4.78 is 0. The van der Waals surface area contributed by atoms with Gasteiger partial charge in [0, 0.05) is 13.1 Å². The fraction of sp³-hybridized carbons (Fsp3) is 0.562. The van der Waals surface area contributed by atoms with Crippen LogP contribution in [0.2, 0.25) is 0 Å². The Kier molecular flexibility index (Phi) is 4.59. The van der Waals surface area contributed by atoms with E-state index >= 15 is 0 Å². The Labute approximate surface area is 116 Å². The molecule has 0 aromatic heterocycles. The third-order valence-electron chi connectivity index (χ3n) is 3.67. The highest BCUT2D eigenvalue weighted by atomic mass is 16.2. The molecule has 1 fully saturated rings. The van der Waals surface area contributed by atoms with Gasteiger partial charge in [-0.25, -0.2) is 0 Å². The van der Waals surface area contributed by atoms with E-state index in [2.05, 4.69) is 43.4 Å².